The van der Waals surface area contributed by atoms with Crippen LogP contribution in [-0.2, 0) is 34.1 Å². The topological polar surface area (TPSA) is 90.3 Å². The van der Waals surface area contributed by atoms with Gasteiger partial charge in [0.25, 0.3) is 10.0 Å². The first kappa shape index (κ1) is 29.3. The molecule has 1 heterocycles. The van der Waals surface area contributed by atoms with E-state index < -0.39 is 16.1 Å². The first-order chi connectivity index (χ1) is 19.4. The van der Waals surface area contributed by atoms with Crippen molar-refractivity contribution in [3.63, 3.8) is 0 Å². The average molecular weight is 562 g/mol. The van der Waals surface area contributed by atoms with E-state index >= 15 is 0 Å². The minimum atomic E-state index is -4.13. The van der Waals surface area contributed by atoms with Gasteiger partial charge in [-0.15, -0.1) is 0 Å². The Morgan fingerprint density at radius 2 is 1.60 bits per heavy atom. The largest absolute Gasteiger partial charge is 0.449 e. The Kier molecular flexibility index (Phi) is 9.98. The number of imidazole rings is 1. The lowest BCUT2D eigenvalue weighted by Crippen LogP contribution is -2.31. The molecule has 8 heteroatoms. The Hall–Kier alpha value is -3.65. The van der Waals surface area contributed by atoms with E-state index in [1.165, 1.54) is 0 Å². The van der Waals surface area contributed by atoms with Gasteiger partial charge in [0.15, 0.2) is 0 Å². The second-order valence-corrected chi connectivity index (χ2v) is 11.7. The van der Waals surface area contributed by atoms with E-state index in [4.69, 9.17) is 9.72 Å². The number of hydrogen-bond acceptors (Lipinski definition) is 5. The van der Waals surface area contributed by atoms with Gasteiger partial charge in [-0.25, -0.2) is 22.9 Å². The Morgan fingerprint density at radius 3 is 2.33 bits per heavy atom. The van der Waals surface area contributed by atoms with Gasteiger partial charge in [-0.05, 0) is 60.2 Å². The lowest BCUT2D eigenvalue weighted by Gasteiger charge is -2.15. The normalized spacial score (nSPS) is 11.6. The van der Waals surface area contributed by atoms with Crippen molar-refractivity contribution in [2.75, 3.05) is 6.61 Å². The van der Waals surface area contributed by atoms with Crippen molar-refractivity contribution in [1.82, 2.24) is 14.3 Å². The molecule has 0 unspecified atom stereocenters. The third kappa shape index (κ3) is 7.10. The Bertz CT molecular complexity index is 1540. The molecule has 3 aromatic carbocycles. The molecule has 1 amide bonds. The van der Waals surface area contributed by atoms with Crippen LogP contribution in [0, 0.1) is 0 Å². The zero-order chi connectivity index (χ0) is 28.5. The van der Waals surface area contributed by atoms with Crippen molar-refractivity contribution in [1.29, 1.82) is 0 Å². The number of aryl methyl sites for hydroxylation is 2. The quantitative estimate of drug-likeness (QED) is 0.174. The van der Waals surface area contributed by atoms with Crippen LogP contribution in [0.1, 0.15) is 69.8 Å². The summed E-state index contributed by atoms with van der Waals surface area (Å²) in [6.07, 6.45) is 5.42. The first-order valence-corrected chi connectivity index (χ1v) is 15.7. The molecule has 0 saturated carbocycles. The number of unbranched alkanes of at least 4 members (excludes halogenated alkanes) is 2. The summed E-state index contributed by atoms with van der Waals surface area (Å²) in [6, 6.07) is 21.4. The molecule has 0 bridgehead atoms. The molecule has 0 fully saturated rings. The number of fused-ring (bicyclic) bond motifs is 1. The molecule has 1 aromatic heterocycles. The molecule has 0 aliphatic carbocycles. The summed E-state index contributed by atoms with van der Waals surface area (Å²) in [5.74, 6) is 1.07. The van der Waals surface area contributed by atoms with Crippen molar-refractivity contribution >= 4 is 27.1 Å². The molecule has 40 heavy (non-hydrogen) atoms. The Morgan fingerprint density at radius 1 is 0.875 bits per heavy atom. The van der Waals surface area contributed by atoms with Gasteiger partial charge < -0.3 is 9.30 Å². The molecular weight excluding hydrogens is 522 g/mol. The van der Waals surface area contributed by atoms with Crippen molar-refractivity contribution in [2.45, 2.75) is 77.2 Å². The van der Waals surface area contributed by atoms with Gasteiger partial charge in [-0.3, -0.25) is 0 Å². The number of para-hydroxylation sites is 2. The fourth-order valence-electron chi connectivity index (χ4n) is 4.78. The van der Waals surface area contributed by atoms with E-state index in [1.807, 2.05) is 55.5 Å². The molecule has 0 radical (unpaired) electrons. The molecule has 0 aliphatic rings. The van der Waals surface area contributed by atoms with Crippen molar-refractivity contribution < 1.29 is 17.9 Å². The molecule has 212 valence electrons. The number of benzene rings is 3. The third-order valence-electron chi connectivity index (χ3n) is 6.91. The molecule has 0 spiro atoms. The summed E-state index contributed by atoms with van der Waals surface area (Å²) in [7, 11) is -4.13. The van der Waals surface area contributed by atoms with Crippen LogP contribution in [0.3, 0.4) is 0 Å². The summed E-state index contributed by atoms with van der Waals surface area (Å²) in [6.45, 7) is 7.08. The molecule has 4 aromatic rings. The monoisotopic (exact) mass is 561 g/mol. The zero-order valence-corrected chi connectivity index (χ0v) is 24.5. The molecule has 0 saturated heterocycles. The highest BCUT2D eigenvalue weighted by Gasteiger charge is 2.23. The lowest BCUT2D eigenvalue weighted by molar-refractivity contribution is 0.151. The van der Waals surface area contributed by atoms with Gasteiger partial charge in [0, 0.05) is 18.5 Å². The molecule has 4 rings (SSSR count). The predicted molar refractivity (Wildman–Crippen MR) is 160 cm³/mol. The summed E-state index contributed by atoms with van der Waals surface area (Å²) >= 11 is 0. The van der Waals surface area contributed by atoms with Gasteiger partial charge in [-0.1, -0.05) is 82.5 Å². The second kappa shape index (κ2) is 13.6. The van der Waals surface area contributed by atoms with Crippen LogP contribution in [0.2, 0.25) is 0 Å². The van der Waals surface area contributed by atoms with Crippen molar-refractivity contribution in [3.8, 4) is 11.1 Å². The number of carbonyl (C=O) groups is 1. The van der Waals surface area contributed by atoms with Crippen LogP contribution in [0.15, 0.2) is 71.6 Å². The standard InChI is InChI=1S/C32H39N3O4S/c1-4-7-14-31-33-28-12-9-10-13-29(28)35(31)23-25-15-18-26(19-16-25)27-22-24(11-6-3)17-20-30(27)40(37,38)34-32(36)39-21-8-5-2/h9-10,12-13,15-20,22H,4-8,11,14,21,23H2,1-3H3,(H,34,36). The molecule has 0 atom stereocenters. The van der Waals surface area contributed by atoms with Crippen molar-refractivity contribution in [3.05, 3.63) is 83.7 Å². The highest BCUT2D eigenvalue weighted by molar-refractivity contribution is 7.90. The molecule has 1 N–H and O–H groups in total. The number of aromatic nitrogens is 2. The number of ether oxygens (including phenoxy) is 1. The van der Waals surface area contributed by atoms with E-state index in [1.54, 1.807) is 12.1 Å². The molecular formula is C32H39N3O4S. The van der Waals surface area contributed by atoms with Crippen LogP contribution in [0.4, 0.5) is 4.79 Å². The lowest BCUT2D eigenvalue weighted by atomic mass is 10.00. The summed E-state index contributed by atoms with van der Waals surface area (Å²) in [5.41, 5.74) is 5.56. The first-order valence-electron chi connectivity index (χ1n) is 14.2. The number of rotatable bonds is 13. The minimum absolute atomic E-state index is 0.0509. The van der Waals surface area contributed by atoms with Crippen LogP contribution >= 0.6 is 0 Å². The smallest absolute Gasteiger partial charge is 0.421 e. The highest BCUT2D eigenvalue weighted by atomic mass is 32.2. The fourth-order valence-corrected chi connectivity index (χ4v) is 5.89. The van der Waals surface area contributed by atoms with Crippen LogP contribution in [0.25, 0.3) is 22.2 Å². The maximum atomic E-state index is 13.2. The zero-order valence-electron chi connectivity index (χ0n) is 23.7. The van der Waals surface area contributed by atoms with E-state index in [2.05, 4.69) is 29.2 Å². The number of nitrogens with one attached hydrogen (secondary N) is 1. The van der Waals surface area contributed by atoms with E-state index in [0.29, 0.717) is 18.5 Å². The van der Waals surface area contributed by atoms with Gasteiger partial charge in [0.05, 0.1) is 22.5 Å². The van der Waals surface area contributed by atoms with E-state index in [-0.39, 0.29) is 11.5 Å². The number of amides is 1. The van der Waals surface area contributed by atoms with Gasteiger partial charge in [-0.2, -0.15) is 0 Å². The molecule has 0 aliphatic heterocycles. The van der Waals surface area contributed by atoms with Gasteiger partial charge in [0.1, 0.15) is 5.82 Å². The molecule has 7 nitrogen and oxygen atoms in total. The minimum Gasteiger partial charge on any atom is -0.449 e. The van der Waals surface area contributed by atoms with Crippen LogP contribution in [-0.4, -0.2) is 30.7 Å². The maximum absolute atomic E-state index is 13.2. The summed E-state index contributed by atoms with van der Waals surface area (Å²) < 4.78 is 35.9. The van der Waals surface area contributed by atoms with E-state index in [9.17, 15) is 13.2 Å². The van der Waals surface area contributed by atoms with E-state index in [0.717, 1.165) is 72.1 Å². The Labute approximate surface area is 237 Å². The third-order valence-corrected chi connectivity index (χ3v) is 8.28. The summed E-state index contributed by atoms with van der Waals surface area (Å²) in [4.78, 5) is 17.1. The SMILES string of the molecule is CCCCOC(=O)NS(=O)(=O)c1ccc(CCC)cc1-c1ccc(Cn2c(CCCC)nc3ccccc32)cc1. The predicted octanol–water partition coefficient (Wildman–Crippen LogP) is 7.26. The highest BCUT2D eigenvalue weighted by Crippen LogP contribution is 2.30. The number of nitrogens with zero attached hydrogens (tertiary/aromatic N) is 2. The number of sulfonamides is 1. The van der Waals surface area contributed by atoms with Crippen molar-refractivity contribution in [2.24, 2.45) is 0 Å². The fraction of sp³-hybridized carbons (Fsp3) is 0.375. The van der Waals surface area contributed by atoms with Crippen LogP contribution in [0.5, 0.6) is 0 Å². The van der Waals surface area contributed by atoms with Gasteiger partial charge in [0.2, 0.25) is 0 Å². The summed E-state index contributed by atoms with van der Waals surface area (Å²) in [5, 5.41) is 0. The number of carbonyl (C=O) groups excluding carboxylic acids is 1. The Balaban J connectivity index is 1.64. The van der Waals surface area contributed by atoms with Crippen LogP contribution < -0.4 is 4.72 Å². The van der Waals surface area contributed by atoms with Gasteiger partial charge >= 0.3 is 6.09 Å². The average Bonchev–Trinajstić information content (AvgIpc) is 3.29. The maximum Gasteiger partial charge on any atom is 0.421 e. The second-order valence-electron chi connectivity index (χ2n) is 10.1. The number of hydrogen-bond donors (Lipinski definition) is 1.